The smallest absolute Gasteiger partial charge is 0.368 e. The quantitative estimate of drug-likeness (QED) is 0.704. The minimum atomic E-state index is -4.36. The van der Waals surface area contributed by atoms with Gasteiger partial charge in [0.25, 0.3) is 0 Å². The molecule has 0 aliphatic carbocycles. The van der Waals surface area contributed by atoms with E-state index in [2.05, 4.69) is 15.6 Å². The Morgan fingerprint density at radius 3 is 2.30 bits per heavy atom. The molecular weight excluding hydrogens is 453 g/mol. The van der Waals surface area contributed by atoms with E-state index in [1.807, 2.05) is 6.92 Å². The largest absolute Gasteiger partial charge is 0.416 e. The first kappa shape index (κ1) is 23.7. The molecular formula is C23H27F3N4O2S. The standard InChI is InChI=1S/C23H27F3N4O2S/c1-17-2-8-20(9-3-17)33(31,32)30-14-10-22(11-15-30)21(27-12-13-29-22)28-16-18-4-6-19(7-5-18)23(24,25)26/h2-9,29H,10-16H2,1H3,(H,27,28). The van der Waals surface area contributed by atoms with Crippen LogP contribution in [0.4, 0.5) is 13.2 Å². The summed E-state index contributed by atoms with van der Waals surface area (Å²) in [6.07, 6.45) is -3.26. The lowest BCUT2D eigenvalue weighted by Gasteiger charge is -2.44. The second-order valence-corrected chi connectivity index (χ2v) is 10.4. The van der Waals surface area contributed by atoms with E-state index in [1.54, 1.807) is 24.3 Å². The molecule has 6 nitrogen and oxygen atoms in total. The van der Waals surface area contributed by atoms with Gasteiger partial charge in [-0.2, -0.15) is 17.5 Å². The van der Waals surface area contributed by atoms with Gasteiger partial charge in [-0.05, 0) is 49.6 Å². The molecule has 2 aliphatic heterocycles. The predicted octanol–water partition coefficient (Wildman–Crippen LogP) is 3.33. The van der Waals surface area contributed by atoms with Crippen LogP contribution in [0.3, 0.4) is 0 Å². The fourth-order valence-electron chi connectivity index (χ4n) is 4.30. The van der Waals surface area contributed by atoms with Crippen LogP contribution < -0.4 is 10.6 Å². The number of alkyl halides is 3. The molecule has 2 aromatic rings. The van der Waals surface area contributed by atoms with Gasteiger partial charge in [-0.3, -0.25) is 4.99 Å². The SMILES string of the molecule is Cc1ccc(S(=O)(=O)N2CCC3(CC2)NCCN=C3NCc2ccc(C(F)(F)F)cc2)cc1. The molecule has 0 aromatic heterocycles. The minimum Gasteiger partial charge on any atom is -0.368 e. The second kappa shape index (κ2) is 9.08. The topological polar surface area (TPSA) is 73.8 Å². The number of hydrogen-bond acceptors (Lipinski definition) is 5. The van der Waals surface area contributed by atoms with E-state index >= 15 is 0 Å². The van der Waals surface area contributed by atoms with Gasteiger partial charge in [-0.25, -0.2) is 8.42 Å². The van der Waals surface area contributed by atoms with Crippen LogP contribution in [0, 0.1) is 6.92 Å². The molecule has 4 rings (SSSR count). The first-order valence-electron chi connectivity index (χ1n) is 10.9. The third-order valence-electron chi connectivity index (χ3n) is 6.27. The van der Waals surface area contributed by atoms with Crippen molar-refractivity contribution in [2.24, 2.45) is 4.99 Å². The average Bonchev–Trinajstić information content (AvgIpc) is 2.79. The van der Waals surface area contributed by atoms with Crippen molar-refractivity contribution in [2.45, 2.75) is 42.9 Å². The highest BCUT2D eigenvalue weighted by Gasteiger charge is 2.43. The highest BCUT2D eigenvalue weighted by Crippen LogP contribution is 2.30. The van der Waals surface area contributed by atoms with Gasteiger partial charge in [0.05, 0.1) is 22.5 Å². The molecule has 2 N–H and O–H groups in total. The van der Waals surface area contributed by atoms with Gasteiger partial charge in [0, 0.05) is 26.2 Å². The molecule has 1 fully saturated rings. The average molecular weight is 481 g/mol. The van der Waals surface area contributed by atoms with Crippen LogP contribution in [0.2, 0.25) is 0 Å². The lowest BCUT2D eigenvalue weighted by Crippen LogP contribution is -2.64. The summed E-state index contributed by atoms with van der Waals surface area (Å²) in [6, 6.07) is 11.9. The fraction of sp³-hybridized carbons (Fsp3) is 0.435. The summed E-state index contributed by atoms with van der Waals surface area (Å²) in [5.41, 5.74) is 0.564. The minimum absolute atomic E-state index is 0.287. The molecule has 0 radical (unpaired) electrons. The molecule has 10 heteroatoms. The number of rotatable bonds is 4. The molecule has 178 valence electrons. The molecule has 2 aliphatic rings. The van der Waals surface area contributed by atoms with Gasteiger partial charge in [0.1, 0.15) is 5.84 Å². The molecule has 0 atom stereocenters. The molecule has 2 heterocycles. The van der Waals surface area contributed by atoms with Gasteiger partial charge in [0.2, 0.25) is 10.0 Å². The van der Waals surface area contributed by atoms with Crippen molar-refractivity contribution in [1.29, 1.82) is 0 Å². The van der Waals surface area contributed by atoms with Crippen LogP contribution >= 0.6 is 0 Å². The zero-order valence-electron chi connectivity index (χ0n) is 18.3. The van der Waals surface area contributed by atoms with Gasteiger partial charge in [-0.1, -0.05) is 29.8 Å². The normalized spacial score (nSPS) is 19.3. The summed E-state index contributed by atoms with van der Waals surface area (Å²) in [5.74, 6) is 0.737. The van der Waals surface area contributed by atoms with E-state index < -0.39 is 27.3 Å². The van der Waals surface area contributed by atoms with Gasteiger partial charge >= 0.3 is 6.18 Å². The maximum absolute atomic E-state index is 13.0. The van der Waals surface area contributed by atoms with Crippen molar-refractivity contribution in [1.82, 2.24) is 14.9 Å². The highest BCUT2D eigenvalue weighted by atomic mass is 32.2. The maximum atomic E-state index is 13.0. The number of amidine groups is 1. The van der Waals surface area contributed by atoms with E-state index in [9.17, 15) is 21.6 Å². The summed E-state index contributed by atoms with van der Waals surface area (Å²) in [4.78, 5) is 4.92. The van der Waals surface area contributed by atoms with Crippen LogP contribution in [0.25, 0.3) is 0 Å². The third-order valence-corrected chi connectivity index (χ3v) is 8.19. The zero-order valence-corrected chi connectivity index (χ0v) is 19.1. The molecule has 0 bridgehead atoms. The first-order chi connectivity index (χ1) is 15.6. The van der Waals surface area contributed by atoms with E-state index in [1.165, 1.54) is 16.4 Å². The molecule has 0 saturated carbocycles. The summed E-state index contributed by atoms with van der Waals surface area (Å²) < 4.78 is 65.9. The van der Waals surface area contributed by atoms with Crippen molar-refractivity contribution < 1.29 is 21.6 Å². The van der Waals surface area contributed by atoms with Crippen LogP contribution in [-0.4, -0.2) is 50.3 Å². The zero-order chi connectivity index (χ0) is 23.7. The predicted molar refractivity (Wildman–Crippen MR) is 120 cm³/mol. The number of piperidine rings is 1. The Bertz CT molecular complexity index is 1110. The molecule has 1 spiro atoms. The summed E-state index contributed by atoms with van der Waals surface area (Å²) in [7, 11) is -3.57. The Balaban J connectivity index is 1.42. The van der Waals surface area contributed by atoms with Gasteiger partial charge in [0.15, 0.2) is 0 Å². The maximum Gasteiger partial charge on any atom is 0.416 e. The van der Waals surface area contributed by atoms with Crippen molar-refractivity contribution in [3.8, 4) is 0 Å². The van der Waals surface area contributed by atoms with Crippen LogP contribution in [-0.2, 0) is 22.7 Å². The number of hydrogen-bond donors (Lipinski definition) is 2. The monoisotopic (exact) mass is 480 g/mol. The number of benzene rings is 2. The summed E-state index contributed by atoms with van der Waals surface area (Å²) in [5, 5.41) is 6.79. The Morgan fingerprint density at radius 1 is 1.06 bits per heavy atom. The van der Waals surface area contributed by atoms with Crippen molar-refractivity contribution in [3.63, 3.8) is 0 Å². The van der Waals surface area contributed by atoms with E-state index in [4.69, 9.17) is 0 Å². The highest BCUT2D eigenvalue weighted by molar-refractivity contribution is 7.89. The number of aliphatic imine (C=N–C) groups is 1. The van der Waals surface area contributed by atoms with E-state index in [0.717, 1.165) is 23.5 Å². The number of nitrogens with zero attached hydrogens (tertiary/aromatic N) is 2. The molecule has 0 unspecified atom stereocenters. The Morgan fingerprint density at radius 2 is 1.70 bits per heavy atom. The molecule has 0 amide bonds. The number of sulfonamides is 1. The number of halogens is 3. The van der Waals surface area contributed by atoms with Crippen molar-refractivity contribution in [3.05, 3.63) is 65.2 Å². The summed E-state index contributed by atoms with van der Waals surface area (Å²) in [6.45, 7) is 4.23. The Hall–Kier alpha value is -2.43. The van der Waals surface area contributed by atoms with E-state index in [0.29, 0.717) is 51.1 Å². The van der Waals surface area contributed by atoms with Crippen LogP contribution in [0.15, 0.2) is 58.4 Å². The third kappa shape index (κ3) is 5.07. The first-order valence-corrected chi connectivity index (χ1v) is 12.3. The second-order valence-electron chi connectivity index (χ2n) is 8.50. The lowest BCUT2D eigenvalue weighted by atomic mass is 9.85. The van der Waals surface area contributed by atoms with Crippen molar-refractivity contribution >= 4 is 15.9 Å². The number of nitrogens with one attached hydrogen (secondary N) is 2. The summed E-state index contributed by atoms with van der Waals surface area (Å²) >= 11 is 0. The number of aryl methyl sites for hydroxylation is 1. The van der Waals surface area contributed by atoms with Gasteiger partial charge < -0.3 is 10.6 Å². The molecule has 33 heavy (non-hydrogen) atoms. The Kier molecular flexibility index (Phi) is 6.52. The molecule has 2 aromatic carbocycles. The van der Waals surface area contributed by atoms with E-state index in [-0.39, 0.29) is 4.90 Å². The molecule has 1 saturated heterocycles. The van der Waals surface area contributed by atoms with Crippen LogP contribution in [0.5, 0.6) is 0 Å². The lowest BCUT2D eigenvalue weighted by molar-refractivity contribution is -0.137. The Labute approximate surface area is 192 Å². The van der Waals surface area contributed by atoms with Crippen molar-refractivity contribution in [2.75, 3.05) is 26.2 Å². The van der Waals surface area contributed by atoms with Gasteiger partial charge in [-0.15, -0.1) is 0 Å². The van der Waals surface area contributed by atoms with Crippen LogP contribution in [0.1, 0.15) is 29.5 Å². The fourth-order valence-corrected chi connectivity index (χ4v) is 5.74.